The van der Waals surface area contributed by atoms with Crippen LogP contribution in [0.1, 0.15) is 30.5 Å². The molecule has 2 heterocycles. The average Bonchev–Trinajstić information content (AvgIpc) is 2.72. The van der Waals surface area contributed by atoms with Crippen LogP contribution in [0.3, 0.4) is 0 Å². The smallest absolute Gasteiger partial charge is 0.222 e. The Balaban J connectivity index is 1.94. The van der Waals surface area contributed by atoms with Gasteiger partial charge < -0.3 is 4.74 Å². The van der Waals surface area contributed by atoms with Crippen molar-refractivity contribution in [3.8, 4) is 0 Å². The van der Waals surface area contributed by atoms with Gasteiger partial charge in [-0.2, -0.15) is 0 Å². The van der Waals surface area contributed by atoms with E-state index in [1.165, 1.54) is 12.8 Å². The van der Waals surface area contributed by atoms with Gasteiger partial charge in [0.15, 0.2) is 0 Å². The van der Waals surface area contributed by atoms with Gasteiger partial charge in [-0.1, -0.05) is 0 Å². The lowest BCUT2D eigenvalue weighted by Gasteiger charge is -2.09. The van der Waals surface area contributed by atoms with E-state index < -0.39 is 0 Å². The van der Waals surface area contributed by atoms with Crippen LogP contribution in [0.25, 0.3) is 0 Å². The minimum atomic E-state index is 0.336. The Kier molecular flexibility index (Phi) is 3.54. The predicted molar refractivity (Wildman–Crippen MR) is 59.1 cm³/mol. The molecule has 15 heavy (non-hydrogen) atoms. The van der Waals surface area contributed by atoms with E-state index in [1.807, 2.05) is 6.92 Å². The van der Waals surface area contributed by atoms with Crippen molar-refractivity contribution in [1.29, 1.82) is 0 Å². The molecule has 1 aromatic rings. The Morgan fingerprint density at radius 1 is 1.60 bits per heavy atom. The average molecular weight is 227 g/mol. The Morgan fingerprint density at radius 2 is 2.47 bits per heavy atom. The molecule has 0 radical (unpaired) electrons. The Labute approximate surface area is 94.8 Å². The minimum Gasteiger partial charge on any atom is -0.378 e. The molecule has 0 spiro atoms. The first-order valence-corrected chi connectivity index (χ1v) is 5.73. The normalized spacial score (nSPS) is 20.8. The molecule has 2 rings (SSSR count). The third-order valence-corrected chi connectivity index (χ3v) is 2.96. The van der Waals surface area contributed by atoms with Crippen LogP contribution in [0.2, 0.25) is 5.28 Å². The van der Waals surface area contributed by atoms with Gasteiger partial charge in [-0.25, -0.2) is 9.97 Å². The fourth-order valence-electron chi connectivity index (χ4n) is 1.88. The van der Waals surface area contributed by atoms with Crippen molar-refractivity contribution in [3.05, 3.63) is 22.7 Å². The number of halogens is 1. The first-order valence-electron chi connectivity index (χ1n) is 5.35. The zero-order chi connectivity index (χ0) is 10.7. The fraction of sp³-hybridized carbons (Fsp3) is 0.636. The third kappa shape index (κ3) is 2.89. The highest BCUT2D eigenvalue weighted by Crippen LogP contribution is 2.18. The monoisotopic (exact) mass is 226 g/mol. The lowest BCUT2D eigenvalue weighted by atomic mass is 10.1. The first-order chi connectivity index (χ1) is 7.25. The van der Waals surface area contributed by atoms with E-state index in [0.29, 0.717) is 11.4 Å². The molecule has 0 N–H and O–H groups in total. The van der Waals surface area contributed by atoms with Crippen LogP contribution in [0.5, 0.6) is 0 Å². The van der Waals surface area contributed by atoms with Crippen molar-refractivity contribution in [2.45, 2.75) is 38.7 Å². The molecule has 0 saturated carbocycles. The molecule has 0 aromatic carbocycles. The zero-order valence-electron chi connectivity index (χ0n) is 8.87. The molecule has 1 fully saturated rings. The van der Waals surface area contributed by atoms with E-state index in [4.69, 9.17) is 16.3 Å². The van der Waals surface area contributed by atoms with E-state index in [9.17, 15) is 0 Å². The Morgan fingerprint density at radius 3 is 3.20 bits per heavy atom. The number of aryl methyl sites for hydroxylation is 2. The molecule has 0 bridgehead atoms. The summed E-state index contributed by atoms with van der Waals surface area (Å²) in [5.74, 6) is 0. The van der Waals surface area contributed by atoms with Crippen LogP contribution in [0.4, 0.5) is 0 Å². The molecule has 3 nitrogen and oxygen atoms in total. The SMILES string of the molecule is Cc1cnc(Cl)nc1CCC1CCCO1. The lowest BCUT2D eigenvalue weighted by Crippen LogP contribution is -2.08. The molecule has 1 saturated heterocycles. The van der Waals surface area contributed by atoms with Crippen LogP contribution >= 0.6 is 11.6 Å². The van der Waals surface area contributed by atoms with Crippen molar-refractivity contribution in [1.82, 2.24) is 9.97 Å². The van der Waals surface area contributed by atoms with Crippen molar-refractivity contribution >= 4 is 11.6 Å². The fourth-order valence-corrected chi connectivity index (χ4v) is 2.03. The van der Waals surface area contributed by atoms with Crippen LogP contribution < -0.4 is 0 Å². The largest absolute Gasteiger partial charge is 0.378 e. The van der Waals surface area contributed by atoms with E-state index in [-0.39, 0.29) is 0 Å². The molecule has 1 aliphatic heterocycles. The quantitative estimate of drug-likeness (QED) is 0.743. The van der Waals surface area contributed by atoms with Gasteiger partial charge in [0.05, 0.1) is 6.10 Å². The van der Waals surface area contributed by atoms with Gasteiger partial charge in [-0.05, 0) is 49.8 Å². The standard InChI is InChI=1S/C11H15ClN2O/c1-8-7-13-11(12)14-10(8)5-4-9-3-2-6-15-9/h7,9H,2-6H2,1H3. The van der Waals surface area contributed by atoms with Gasteiger partial charge in [-0.15, -0.1) is 0 Å². The summed E-state index contributed by atoms with van der Waals surface area (Å²) in [5.41, 5.74) is 2.16. The maximum Gasteiger partial charge on any atom is 0.222 e. The van der Waals surface area contributed by atoms with E-state index in [2.05, 4.69) is 9.97 Å². The highest BCUT2D eigenvalue weighted by molar-refractivity contribution is 6.28. The van der Waals surface area contributed by atoms with Crippen LogP contribution in [0, 0.1) is 6.92 Å². The van der Waals surface area contributed by atoms with Crippen molar-refractivity contribution in [2.75, 3.05) is 6.61 Å². The second-order valence-corrected chi connectivity index (χ2v) is 4.28. The summed E-state index contributed by atoms with van der Waals surface area (Å²) < 4.78 is 5.57. The number of hydrogen-bond acceptors (Lipinski definition) is 3. The van der Waals surface area contributed by atoms with Gasteiger partial charge in [-0.3, -0.25) is 0 Å². The molecule has 1 aromatic heterocycles. The van der Waals surface area contributed by atoms with Crippen LogP contribution in [-0.2, 0) is 11.2 Å². The number of hydrogen-bond donors (Lipinski definition) is 0. The second-order valence-electron chi connectivity index (χ2n) is 3.94. The number of rotatable bonds is 3. The highest BCUT2D eigenvalue weighted by atomic mass is 35.5. The van der Waals surface area contributed by atoms with Gasteiger partial charge in [0, 0.05) is 18.5 Å². The maximum absolute atomic E-state index is 5.76. The van der Waals surface area contributed by atoms with E-state index >= 15 is 0 Å². The van der Waals surface area contributed by atoms with Crippen LogP contribution in [-0.4, -0.2) is 22.7 Å². The second kappa shape index (κ2) is 4.90. The molecular weight excluding hydrogens is 212 g/mol. The molecule has 1 aliphatic rings. The molecule has 0 aliphatic carbocycles. The minimum absolute atomic E-state index is 0.336. The summed E-state index contributed by atoms with van der Waals surface area (Å²) in [5, 5.41) is 0.336. The molecule has 1 unspecified atom stereocenters. The summed E-state index contributed by atoms with van der Waals surface area (Å²) in [6, 6.07) is 0. The molecule has 4 heteroatoms. The summed E-state index contributed by atoms with van der Waals surface area (Å²) in [6.45, 7) is 2.93. The Hall–Kier alpha value is -0.670. The van der Waals surface area contributed by atoms with Crippen molar-refractivity contribution in [2.24, 2.45) is 0 Å². The number of nitrogens with zero attached hydrogens (tertiary/aromatic N) is 2. The molecule has 82 valence electrons. The summed E-state index contributed by atoms with van der Waals surface area (Å²) >= 11 is 5.76. The zero-order valence-corrected chi connectivity index (χ0v) is 9.63. The molecular formula is C11H15ClN2O. The van der Waals surface area contributed by atoms with E-state index in [1.54, 1.807) is 6.20 Å². The van der Waals surface area contributed by atoms with E-state index in [0.717, 1.165) is 30.7 Å². The summed E-state index contributed by atoms with van der Waals surface area (Å²) in [4.78, 5) is 8.17. The van der Waals surface area contributed by atoms with Gasteiger partial charge in [0.2, 0.25) is 5.28 Å². The topological polar surface area (TPSA) is 35.0 Å². The Bertz CT molecular complexity index is 337. The highest BCUT2D eigenvalue weighted by Gasteiger charge is 2.16. The molecule has 1 atom stereocenters. The van der Waals surface area contributed by atoms with Gasteiger partial charge in [0.1, 0.15) is 0 Å². The lowest BCUT2D eigenvalue weighted by molar-refractivity contribution is 0.104. The first kappa shape index (κ1) is 10.8. The van der Waals surface area contributed by atoms with Crippen molar-refractivity contribution < 1.29 is 4.74 Å². The van der Waals surface area contributed by atoms with Crippen LogP contribution in [0.15, 0.2) is 6.20 Å². The number of ether oxygens (including phenoxy) is 1. The molecule has 0 amide bonds. The number of aromatic nitrogens is 2. The third-order valence-electron chi connectivity index (χ3n) is 2.77. The van der Waals surface area contributed by atoms with Gasteiger partial charge in [0.25, 0.3) is 0 Å². The van der Waals surface area contributed by atoms with Crippen molar-refractivity contribution in [3.63, 3.8) is 0 Å². The summed E-state index contributed by atoms with van der Waals surface area (Å²) in [6.07, 6.45) is 6.53. The predicted octanol–water partition coefficient (Wildman–Crippen LogP) is 2.55. The maximum atomic E-state index is 5.76. The van der Waals surface area contributed by atoms with Gasteiger partial charge >= 0.3 is 0 Å². The summed E-state index contributed by atoms with van der Waals surface area (Å²) in [7, 11) is 0.